The van der Waals surface area contributed by atoms with Crippen LogP contribution in [-0.4, -0.2) is 47.0 Å². The molecule has 4 aromatic heterocycles. The number of pyridine rings is 1. The molecule has 0 saturated heterocycles. The summed E-state index contributed by atoms with van der Waals surface area (Å²) in [5.74, 6) is -3.12. The van der Waals surface area contributed by atoms with Crippen molar-refractivity contribution in [1.29, 1.82) is 0 Å². The third kappa shape index (κ3) is 4.22. The van der Waals surface area contributed by atoms with Gasteiger partial charge in [-0.1, -0.05) is 6.07 Å². The summed E-state index contributed by atoms with van der Waals surface area (Å²) < 4.78 is 87.7. The predicted molar refractivity (Wildman–Crippen MR) is 112 cm³/mol. The van der Waals surface area contributed by atoms with Gasteiger partial charge in [0.2, 0.25) is 11.7 Å². The monoisotopic (exact) mass is 528 g/mol. The van der Waals surface area contributed by atoms with E-state index in [1.54, 1.807) is 0 Å². The maximum atomic E-state index is 13.8. The maximum absolute atomic E-state index is 13.8. The van der Waals surface area contributed by atoms with E-state index in [0.717, 1.165) is 24.8 Å². The van der Waals surface area contributed by atoms with Gasteiger partial charge in [-0.05, 0) is 32.0 Å². The summed E-state index contributed by atoms with van der Waals surface area (Å²) in [6.07, 6.45) is -8.35. The van der Waals surface area contributed by atoms with Gasteiger partial charge in [-0.25, -0.2) is 14.5 Å². The zero-order valence-corrected chi connectivity index (χ0v) is 19.1. The second-order valence-electron chi connectivity index (χ2n) is 8.99. The molecule has 5 heterocycles. The highest BCUT2D eigenvalue weighted by molar-refractivity contribution is 5.93. The quantitative estimate of drug-likeness (QED) is 0.388. The molecule has 5 rings (SSSR count). The number of amides is 1. The Morgan fingerprint density at radius 1 is 1.16 bits per heavy atom. The number of carbonyl (C=O) groups is 1. The molecule has 0 aromatic carbocycles. The number of aromatic nitrogens is 5. The fourth-order valence-electron chi connectivity index (χ4n) is 4.23. The van der Waals surface area contributed by atoms with Crippen LogP contribution in [0.2, 0.25) is 0 Å². The summed E-state index contributed by atoms with van der Waals surface area (Å²) in [7, 11) is 0. The number of oxazole rings is 1. The molecule has 0 radical (unpaired) electrons. The molecule has 37 heavy (non-hydrogen) atoms. The highest BCUT2D eigenvalue weighted by Gasteiger charge is 2.46. The number of nitrogens with one attached hydrogen (secondary N) is 1. The van der Waals surface area contributed by atoms with Gasteiger partial charge in [-0.15, -0.1) is 0 Å². The Bertz CT molecular complexity index is 1490. The molecule has 9 nitrogen and oxygen atoms in total. The second-order valence-corrected chi connectivity index (χ2v) is 8.99. The lowest BCUT2D eigenvalue weighted by Gasteiger charge is -2.33. The van der Waals surface area contributed by atoms with E-state index >= 15 is 0 Å². The Hall–Kier alpha value is -3.88. The number of hydrogen-bond donors (Lipinski definition) is 2. The molecule has 15 heteroatoms. The van der Waals surface area contributed by atoms with Crippen LogP contribution in [0.5, 0.6) is 0 Å². The Morgan fingerprint density at radius 3 is 2.54 bits per heavy atom. The average molecular weight is 528 g/mol. The molecule has 196 valence electrons. The molecule has 0 spiro atoms. The summed E-state index contributed by atoms with van der Waals surface area (Å²) in [6.45, 7) is 2.15. The molecule has 1 unspecified atom stereocenters. The standard InChI is InChI=1S/C22H18F6N6O3/c1-20(2,36)19-31-17(22(26,27)28)16(37-19)18(35)33-7-6-11-14(30-9-29-11)15(33)12-8-10-4-3-5-13(21(23,24)25)34(10)32-12/h3-5,8-9,15,36H,6-7H2,1-2H3,(H,29,30). The second kappa shape index (κ2) is 8.06. The van der Waals surface area contributed by atoms with E-state index in [-0.39, 0.29) is 29.9 Å². The number of aromatic amines is 1. The van der Waals surface area contributed by atoms with Crippen molar-refractivity contribution in [2.45, 2.75) is 44.3 Å². The molecule has 0 saturated carbocycles. The lowest BCUT2D eigenvalue weighted by molar-refractivity contribution is -0.143. The fraction of sp³-hybridized carbons (Fsp3) is 0.364. The van der Waals surface area contributed by atoms with Crippen LogP contribution >= 0.6 is 0 Å². The molecule has 0 bridgehead atoms. The van der Waals surface area contributed by atoms with Gasteiger partial charge in [0, 0.05) is 18.7 Å². The van der Waals surface area contributed by atoms with Crippen molar-refractivity contribution in [2.24, 2.45) is 0 Å². The van der Waals surface area contributed by atoms with Gasteiger partial charge in [0.05, 0.1) is 23.2 Å². The van der Waals surface area contributed by atoms with Crippen LogP contribution in [0.3, 0.4) is 0 Å². The Morgan fingerprint density at radius 2 is 1.89 bits per heavy atom. The van der Waals surface area contributed by atoms with E-state index in [4.69, 9.17) is 4.42 Å². The minimum atomic E-state index is -5.09. The number of H-pyrrole nitrogens is 1. The van der Waals surface area contributed by atoms with Crippen molar-refractivity contribution in [2.75, 3.05) is 6.54 Å². The molecule has 0 aliphatic carbocycles. The topological polar surface area (TPSA) is 113 Å². The minimum absolute atomic E-state index is 0.0473. The van der Waals surface area contributed by atoms with Crippen LogP contribution in [-0.2, 0) is 24.4 Å². The molecule has 0 fully saturated rings. The average Bonchev–Trinajstić information content (AvgIpc) is 3.53. The lowest BCUT2D eigenvalue weighted by Crippen LogP contribution is -2.41. The largest absolute Gasteiger partial charge is 0.437 e. The number of hydrogen-bond acceptors (Lipinski definition) is 6. The number of carbonyl (C=O) groups excluding carboxylic acids is 1. The van der Waals surface area contributed by atoms with Gasteiger partial charge in [0.1, 0.15) is 17.3 Å². The molecule has 1 atom stereocenters. The van der Waals surface area contributed by atoms with Gasteiger partial charge in [0.15, 0.2) is 5.69 Å². The molecule has 1 aliphatic heterocycles. The molecular weight excluding hydrogens is 510 g/mol. The maximum Gasteiger partial charge on any atom is 0.437 e. The van der Waals surface area contributed by atoms with Gasteiger partial charge in [0.25, 0.3) is 5.91 Å². The van der Waals surface area contributed by atoms with E-state index < -0.39 is 52.9 Å². The summed E-state index contributed by atoms with van der Waals surface area (Å²) in [4.78, 5) is 24.9. The third-order valence-corrected chi connectivity index (χ3v) is 5.87. The van der Waals surface area contributed by atoms with Gasteiger partial charge in [-0.2, -0.15) is 31.4 Å². The number of imidazole rings is 1. The van der Waals surface area contributed by atoms with Crippen molar-refractivity contribution in [1.82, 2.24) is 29.5 Å². The molecular formula is C22H18F6N6O3. The fourth-order valence-corrected chi connectivity index (χ4v) is 4.23. The zero-order chi connectivity index (χ0) is 26.9. The Kier molecular flexibility index (Phi) is 5.40. The van der Waals surface area contributed by atoms with Crippen LogP contribution in [0.1, 0.15) is 64.8 Å². The van der Waals surface area contributed by atoms with Crippen molar-refractivity contribution >= 4 is 11.4 Å². The SMILES string of the molecule is CC(C)(O)c1nc(C(F)(F)F)c(C(=O)N2CCc3[nH]cnc3C2c2cc3cccc(C(F)(F)F)n3n2)o1. The van der Waals surface area contributed by atoms with Crippen molar-refractivity contribution < 1.29 is 40.7 Å². The molecule has 2 N–H and O–H groups in total. The number of alkyl halides is 6. The van der Waals surface area contributed by atoms with Gasteiger partial charge < -0.3 is 19.4 Å². The van der Waals surface area contributed by atoms with E-state index in [1.165, 1.54) is 24.5 Å². The highest BCUT2D eigenvalue weighted by atomic mass is 19.4. The van der Waals surface area contributed by atoms with Crippen molar-refractivity contribution in [3.05, 3.63) is 70.7 Å². The number of halogens is 6. The first-order valence-corrected chi connectivity index (χ1v) is 10.9. The summed E-state index contributed by atoms with van der Waals surface area (Å²) in [5, 5.41) is 14.2. The lowest BCUT2D eigenvalue weighted by atomic mass is 9.99. The zero-order valence-electron chi connectivity index (χ0n) is 19.1. The first-order valence-electron chi connectivity index (χ1n) is 10.9. The first kappa shape index (κ1) is 24.8. The summed E-state index contributed by atoms with van der Waals surface area (Å²) in [6, 6.07) is 3.46. The highest BCUT2D eigenvalue weighted by Crippen LogP contribution is 2.39. The minimum Gasteiger partial charge on any atom is -0.432 e. The Balaban J connectivity index is 1.66. The number of fused-ring (bicyclic) bond motifs is 2. The normalized spacial score (nSPS) is 16.9. The molecule has 4 aromatic rings. The number of nitrogens with zero attached hydrogens (tertiary/aromatic N) is 5. The van der Waals surface area contributed by atoms with Gasteiger partial charge in [-0.3, -0.25) is 4.79 Å². The Labute approximate surface area is 203 Å². The molecule has 1 amide bonds. The van der Waals surface area contributed by atoms with Crippen LogP contribution in [0.15, 0.2) is 35.0 Å². The van der Waals surface area contributed by atoms with Crippen LogP contribution in [0.25, 0.3) is 5.52 Å². The van der Waals surface area contributed by atoms with Gasteiger partial charge >= 0.3 is 12.4 Å². The van der Waals surface area contributed by atoms with Crippen molar-refractivity contribution in [3.63, 3.8) is 0 Å². The van der Waals surface area contributed by atoms with Crippen LogP contribution < -0.4 is 0 Å². The van der Waals surface area contributed by atoms with E-state index in [0.29, 0.717) is 10.2 Å². The number of rotatable bonds is 3. The predicted octanol–water partition coefficient (Wildman–Crippen LogP) is 4.10. The van der Waals surface area contributed by atoms with Crippen LogP contribution in [0, 0.1) is 0 Å². The smallest absolute Gasteiger partial charge is 0.432 e. The van der Waals surface area contributed by atoms with E-state index in [9.17, 15) is 36.2 Å². The number of aliphatic hydroxyl groups is 1. The summed E-state index contributed by atoms with van der Waals surface area (Å²) in [5.41, 5.74) is -3.86. The van der Waals surface area contributed by atoms with E-state index in [2.05, 4.69) is 20.1 Å². The van der Waals surface area contributed by atoms with Crippen molar-refractivity contribution in [3.8, 4) is 0 Å². The third-order valence-electron chi connectivity index (χ3n) is 5.87. The van der Waals surface area contributed by atoms with Crippen LogP contribution in [0.4, 0.5) is 26.3 Å². The molecule has 1 aliphatic rings. The summed E-state index contributed by atoms with van der Waals surface area (Å²) >= 11 is 0. The first-order chi connectivity index (χ1) is 17.2. The van der Waals surface area contributed by atoms with E-state index in [1.807, 2.05) is 0 Å².